The molecule has 1 N–H and O–H groups in total. The van der Waals surface area contributed by atoms with Crippen LogP contribution in [0.15, 0.2) is 18.2 Å². The largest absolute Gasteiger partial charge is 0.481 e. The SMILES string of the molecule is COC(C)(C)Cn1nnc2cccc(CC(=O)O)c21. The molecule has 0 saturated carbocycles. The van der Waals surface area contributed by atoms with Gasteiger partial charge in [0.1, 0.15) is 5.52 Å². The number of rotatable bonds is 5. The molecular weight excluding hydrogens is 246 g/mol. The lowest BCUT2D eigenvalue weighted by atomic mass is 10.1. The summed E-state index contributed by atoms with van der Waals surface area (Å²) in [5.74, 6) is -0.869. The maximum absolute atomic E-state index is 10.9. The third kappa shape index (κ3) is 2.90. The van der Waals surface area contributed by atoms with Crippen LogP contribution in [0, 0.1) is 0 Å². The molecule has 0 aliphatic carbocycles. The van der Waals surface area contributed by atoms with Gasteiger partial charge in [-0.05, 0) is 25.5 Å². The number of aromatic nitrogens is 3. The summed E-state index contributed by atoms with van der Waals surface area (Å²) in [6.45, 7) is 4.40. The molecule has 0 aliphatic heterocycles. The van der Waals surface area contributed by atoms with Crippen molar-refractivity contribution in [3.05, 3.63) is 23.8 Å². The highest BCUT2D eigenvalue weighted by atomic mass is 16.5. The van der Waals surface area contributed by atoms with Gasteiger partial charge in [-0.25, -0.2) is 4.68 Å². The molecule has 1 aromatic heterocycles. The zero-order chi connectivity index (χ0) is 14.0. The number of carboxylic acids is 1. The van der Waals surface area contributed by atoms with Crippen LogP contribution in [0.4, 0.5) is 0 Å². The standard InChI is InChI=1S/C13H17N3O3/c1-13(2,19-3)8-16-12-9(7-11(17)18)5-4-6-10(12)14-15-16/h4-6H,7-8H2,1-3H3,(H,17,18). The van der Waals surface area contributed by atoms with Gasteiger partial charge in [0.25, 0.3) is 0 Å². The van der Waals surface area contributed by atoms with E-state index in [0.29, 0.717) is 17.6 Å². The fourth-order valence-electron chi connectivity index (χ4n) is 1.94. The minimum absolute atomic E-state index is 0.0435. The minimum Gasteiger partial charge on any atom is -0.481 e. The van der Waals surface area contributed by atoms with E-state index in [-0.39, 0.29) is 6.42 Å². The first-order valence-electron chi connectivity index (χ1n) is 6.01. The normalized spacial score (nSPS) is 11.9. The lowest BCUT2D eigenvalue weighted by Gasteiger charge is -2.22. The summed E-state index contributed by atoms with van der Waals surface area (Å²) in [6.07, 6.45) is -0.0435. The summed E-state index contributed by atoms with van der Waals surface area (Å²) >= 11 is 0. The van der Waals surface area contributed by atoms with E-state index in [2.05, 4.69) is 10.3 Å². The van der Waals surface area contributed by atoms with Crippen molar-refractivity contribution in [2.75, 3.05) is 7.11 Å². The van der Waals surface area contributed by atoms with Gasteiger partial charge in [-0.15, -0.1) is 5.10 Å². The topological polar surface area (TPSA) is 77.2 Å². The van der Waals surface area contributed by atoms with Crippen LogP contribution in [0.25, 0.3) is 11.0 Å². The third-order valence-electron chi connectivity index (χ3n) is 3.04. The molecule has 0 atom stereocenters. The number of nitrogens with zero attached hydrogens (tertiary/aromatic N) is 3. The molecule has 6 nitrogen and oxygen atoms in total. The number of para-hydroxylation sites is 1. The summed E-state index contributed by atoms with van der Waals surface area (Å²) in [4.78, 5) is 10.9. The molecule has 0 saturated heterocycles. The summed E-state index contributed by atoms with van der Waals surface area (Å²) in [5, 5.41) is 17.1. The lowest BCUT2D eigenvalue weighted by Crippen LogP contribution is -2.29. The Kier molecular flexibility index (Phi) is 3.53. The Labute approximate surface area is 111 Å². The number of benzene rings is 1. The van der Waals surface area contributed by atoms with E-state index in [9.17, 15) is 4.79 Å². The van der Waals surface area contributed by atoms with Crippen molar-refractivity contribution in [3.63, 3.8) is 0 Å². The van der Waals surface area contributed by atoms with Crippen molar-refractivity contribution < 1.29 is 14.6 Å². The molecule has 2 aromatic rings. The molecule has 0 bridgehead atoms. The van der Waals surface area contributed by atoms with E-state index in [1.807, 2.05) is 19.9 Å². The molecule has 0 radical (unpaired) electrons. The minimum atomic E-state index is -0.869. The average Bonchev–Trinajstić information content (AvgIpc) is 2.72. The number of fused-ring (bicyclic) bond motifs is 1. The molecule has 0 aliphatic rings. The Morgan fingerprint density at radius 3 is 2.84 bits per heavy atom. The second-order valence-corrected chi connectivity index (χ2v) is 5.07. The smallest absolute Gasteiger partial charge is 0.307 e. The molecule has 1 aromatic carbocycles. The zero-order valence-electron chi connectivity index (χ0n) is 11.3. The zero-order valence-corrected chi connectivity index (χ0v) is 11.3. The predicted octanol–water partition coefficient (Wildman–Crippen LogP) is 1.48. The fraction of sp³-hybridized carbons (Fsp3) is 0.462. The predicted molar refractivity (Wildman–Crippen MR) is 70.0 cm³/mol. The Hall–Kier alpha value is -1.95. The summed E-state index contributed by atoms with van der Waals surface area (Å²) in [7, 11) is 1.64. The number of ether oxygens (including phenoxy) is 1. The van der Waals surface area contributed by atoms with Gasteiger partial charge >= 0.3 is 5.97 Å². The Morgan fingerprint density at radius 1 is 1.47 bits per heavy atom. The van der Waals surface area contributed by atoms with Crippen molar-refractivity contribution in [2.45, 2.75) is 32.4 Å². The van der Waals surface area contributed by atoms with Crippen LogP contribution in [0.5, 0.6) is 0 Å². The molecule has 19 heavy (non-hydrogen) atoms. The van der Waals surface area contributed by atoms with Crippen LogP contribution < -0.4 is 0 Å². The van der Waals surface area contributed by atoms with Crippen LogP contribution in [-0.4, -0.2) is 38.8 Å². The number of aliphatic carboxylic acids is 1. The first-order valence-corrected chi connectivity index (χ1v) is 6.01. The highest BCUT2D eigenvalue weighted by Crippen LogP contribution is 2.20. The van der Waals surface area contributed by atoms with E-state index >= 15 is 0 Å². The Bertz CT molecular complexity index is 604. The molecule has 0 unspecified atom stereocenters. The van der Waals surface area contributed by atoms with Crippen molar-refractivity contribution in [1.82, 2.24) is 15.0 Å². The van der Waals surface area contributed by atoms with Crippen molar-refractivity contribution >= 4 is 17.0 Å². The number of methoxy groups -OCH3 is 1. The Morgan fingerprint density at radius 2 is 2.21 bits per heavy atom. The first kappa shape index (κ1) is 13.5. The second-order valence-electron chi connectivity index (χ2n) is 5.07. The van der Waals surface area contributed by atoms with Gasteiger partial charge in [0.2, 0.25) is 0 Å². The maximum Gasteiger partial charge on any atom is 0.307 e. The molecule has 102 valence electrons. The van der Waals surface area contributed by atoms with E-state index < -0.39 is 11.6 Å². The monoisotopic (exact) mass is 263 g/mol. The third-order valence-corrected chi connectivity index (χ3v) is 3.04. The van der Waals surface area contributed by atoms with Crippen molar-refractivity contribution in [1.29, 1.82) is 0 Å². The van der Waals surface area contributed by atoms with Crippen LogP contribution in [0.1, 0.15) is 19.4 Å². The number of hydrogen-bond donors (Lipinski definition) is 1. The average molecular weight is 263 g/mol. The second kappa shape index (κ2) is 4.97. The van der Waals surface area contributed by atoms with Gasteiger partial charge in [0.15, 0.2) is 0 Å². The van der Waals surface area contributed by atoms with Gasteiger partial charge in [-0.3, -0.25) is 4.79 Å². The number of carboxylic acid groups (broad SMARTS) is 1. The van der Waals surface area contributed by atoms with E-state index in [1.165, 1.54) is 0 Å². The number of hydrogen-bond acceptors (Lipinski definition) is 4. The molecule has 0 spiro atoms. The molecule has 0 fully saturated rings. The van der Waals surface area contributed by atoms with Gasteiger partial charge < -0.3 is 9.84 Å². The van der Waals surface area contributed by atoms with E-state index in [0.717, 1.165) is 5.52 Å². The van der Waals surface area contributed by atoms with Gasteiger partial charge in [0, 0.05) is 7.11 Å². The van der Waals surface area contributed by atoms with Crippen LogP contribution in [0.3, 0.4) is 0 Å². The number of carbonyl (C=O) groups is 1. The summed E-state index contributed by atoms with van der Waals surface area (Å²) < 4.78 is 7.08. The van der Waals surface area contributed by atoms with Crippen molar-refractivity contribution in [3.8, 4) is 0 Å². The first-order chi connectivity index (χ1) is 8.93. The van der Waals surface area contributed by atoms with Crippen LogP contribution in [-0.2, 0) is 22.5 Å². The highest BCUT2D eigenvalue weighted by molar-refractivity contribution is 5.83. The summed E-state index contributed by atoms with van der Waals surface area (Å²) in [6, 6.07) is 5.40. The molecule has 0 amide bonds. The highest BCUT2D eigenvalue weighted by Gasteiger charge is 2.21. The molecular formula is C13H17N3O3. The van der Waals surface area contributed by atoms with Crippen molar-refractivity contribution in [2.24, 2.45) is 0 Å². The van der Waals surface area contributed by atoms with Crippen LogP contribution >= 0.6 is 0 Å². The quantitative estimate of drug-likeness (QED) is 0.884. The van der Waals surface area contributed by atoms with Gasteiger partial charge in [0.05, 0.1) is 24.1 Å². The van der Waals surface area contributed by atoms with Gasteiger partial charge in [-0.2, -0.15) is 0 Å². The molecule has 2 rings (SSSR count). The van der Waals surface area contributed by atoms with Gasteiger partial charge in [-0.1, -0.05) is 17.3 Å². The maximum atomic E-state index is 10.9. The molecule has 6 heteroatoms. The molecule has 1 heterocycles. The lowest BCUT2D eigenvalue weighted by molar-refractivity contribution is -0.136. The van der Waals surface area contributed by atoms with Crippen LogP contribution in [0.2, 0.25) is 0 Å². The van der Waals surface area contributed by atoms with E-state index in [1.54, 1.807) is 23.9 Å². The fourth-order valence-corrected chi connectivity index (χ4v) is 1.94. The van der Waals surface area contributed by atoms with E-state index in [4.69, 9.17) is 9.84 Å². The summed E-state index contributed by atoms with van der Waals surface area (Å²) in [5.41, 5.74) is 1.78. The Balaban J connectivity index is 2.47.